The number of carbonyl (C=O) groups excluding carboxylic acids is 3. The molecule has 0 amide bonds. The summed E-state index contributed by atoms with van der Waals surface area (Å²) in [5.74, 6) is 0. The van der Waals surface area contributed by atoms with E-state index >= 15 is 0 Å². The summed E-state index contributed by atoms with van der Waals surface area (Å²) in [6.07, 6.45) is 9.54. The third-order valence-electron chi connectivity index (χ3n) is 0.250. The molecule has 0 saturated heterocycles. The molecule has 3 nitrogen and oxygen atoms in total. The van der Waals surface area contributed by atoms with Gasteiger partial charge >= 0.3 is 21.7 Å². The molecule has 0 aliphatic rings. The van der Waals surface area contributed by atoms with Crippen molar-refractivity contribution in [2.24, 2.45) is 0 Å². The predicted molar refractivity (Wildman–Crippen MR) is 63.3 cm³/mol. The Kier molecular flexibility index (Phi) is 121. The minimum Gasteiger partial charge on any atom is -0.419 e. The van der Waals surface area contributed by atoms with Gasteiger partial charge in [-0.05, 0) is 18.9 Å². The van der Waals surface area contributed by atoms with Crippen LogP contribution in [-0.2, 0) is 36.1 Å². The predicted octanol–water partition coefficient (Wildman–Crippen LogP) is 2.07. The van der Waals surface area contributed by atoms with E-state index in [0.29, 0.717) is 0 Å². The van der Waals surface area contributed by atoms with Gasteiger partial charge in [0.05, 0.1) is 0 Å². The molecule has 0 aromatic heterocycles. The Morgan fingerprint density at radius 3 is 0.875 bits per heavy atom. The summed E-state index contributed by atoms with van der Waals surface area (Å²) in [4.78, 5) is 26.8. The molecule has 0 unspecified atom stereocenters. The van der Waals surface area contributed by atoms with E-state index in [1.807, 2.05) is 20.3 Å². The summed E-state index contributed by atoms with van der Waals surface area (Å²) in [6, 6.07) is 0. The van der Waals surface area contributed by atoms with E-state index in [4.69, 9.17) is 14.4 Å². The summed E-state index contributed by atoms with van der Waals surface area (Å²) in [5.41, 5.74) is 0. The summed E-state index contributed by atoms with van der Waals surface area (Å²) in [7, 11) is 0. The fourth-order valence-corrected chi connectivity index (χ4v) is 0. The summed E-state index contributed by atoms with van der Waals surface area (Å²) in [5, 5.41) is 0. The average molecular weight is 256 g/mol. The Labute approximate surface area is 113 Å². The topological polar surface area (TPSA) is 51.2 Å². The number of hydrogen-bond acceptors (Lipinski definition) is 3. The number of allylic oxidation sites excluding steroid dienone is 3. The molecule has 0 aliphatic carbocycles. The van der Waals surface area contributed by atoms with Crippen LogP contribution >= 0.6 is 0 Å². The molecule has 0 heterocycles. The summed E-state index contributed by atoms with van der Waals surface area (Å²) in [6.45, 7) is 13.2. The largest absolute Gasteiger partial charge is 4.00 e. The van der Waals surface area contributed by atoms with E-state index in [0.717, 1.165) is 18.2 Å². The van der Waals surface area contributed by atoms with Gasteiger partial charge < -0.3 is 20.8 Å². The first-order chi connectivity index (χ1) is 7.16. The van der Waals surface area contributed by atoms with Gasteiger partial charge in [-0.25, -0.2) is 38.0 Å². The van der Waals surface area contributed by atoms with Gasteiger partial charge in [0.25, 0.3) is 0 Å². The zero-order valence-electron chi connectivity index (χ0n) is 9.66. The number of hydrogen-bond donors (Lipinski definition) is 0. The van der Waals surface area contributed by atoms with E-state index in [9.17, 15) is 0 Å². The van der Waals surface area contributed by atoms with Crippen LogP contribution in [0.2, 0.25) is 0 Å². The van der Waals surface area contributed by atoms with Crippen molar-refractivity contribution in [2.45, 2.75) is 13.8 Å². The van der Waals surface area contributed by atoms with Crippen LogP contribution in [0.25, 0.3) is 0 Å². The Hall–Kier alpha value is -1.06. The van der Waals surface area contributed by atoms with E-state index in [-0.39, 0.29) is 21.7 Å². The van der Waals surface area contributed by atoms with Gasteiger partial charge in [-0.1, -0.05) is 0 Å². The average Bonchev–Trinajstić information content (AvgIpc) is 2.30. The van der Waals surface area contributed by atoms with E-state index in [1.54, 1.807) is 0 Å². The van der Waals surface area contributed by atoms with E-state index in [2.05, 4.69) is 19.7 Å². The van der Waals surface area contributed by atoms with Crippen LogP contribution in [0.3, 0.4) is 0 Å². The zero-order valence-corrected chi connectivity index (χ0v) is 11.2. The van der Waals surface area contributed by atoms with Gasteiger partial charge in [0, 0.05) is 0 Å². The van der Waals surface area contributed by atoms with E-state index < -0.39 is 0 Å². The molecule has 0 rings (SSSR count). The molecule has 0 N–H and O–H groups in total. The fourth-order valence-electron chi connectivity index (χ4n) is 0. The molecule has 0 fully saturated rings. The molecule has 0 aromatic carbocycles. The molecule has 0 saturated carbocycles. The van der Waals surface area contributed by atoms with Crippen LogP contribution in [-0.4, -0.2) is 18.9 Å². The first kappa shape index (κ1) is 29.4. The third kappa shape index (κ3) is 489. The van der Waals surface area contributed by atoms with Gasteiger partial charge in [0.2, 0.25) is 0 Å². The molecule has 0 spiro atoms. The van der Waals surface area contributed by atoms with Crippen molar-refractivity contribution >= 4 is 18.9 Å². The second-order valence-electron chi connectivity index (χ2n) is 1.54. The first-order valence-electron chi connectivity index (χ1n) is 3.86. The molecular weight excluding hydrogens is 240 g/mol. The smallest absolute Gasteiger partial charge is 0.419 e. The monoisotopic (exact) mass is 256 g/mol. The SMILES string of the molecule is C=C[C-]=O.C=C[C-]=O.C=C[C-]=O.C[CH-]C.[Ti+4]. The summed E-state index contributed by atoms with van der Waals surface area (Å²) >= 11 is 0. The van der Waals surface area contributed by atoms with Gasteiger partial charge in [0.15, 0.2) is 0 Å². The van der Waals surface area contributed by atoms with Crippen molar-refractivity contribution < 1.29 is 36.1 Å². The molecule has 0 radical (unpaired) electrons. The van der Waals surface area contributed by atoms with Gasteiger partial charge in [-0.2, -0.15) is 13.8 Å². The van der Waals surface area contributed by atoms with Crippen molar-refractivity contribution in [1.82, 2.24) is 0 Å². The van der Waals surface area contributed by atoms with Gasteiger partial charge in [-0.15, -0.1) is 0 Å². The van der Waals surface area contributed by atoms with Crippen molar-refractivity contribution in [3.8, 4) is 0 Å². The van der Waals surface area contributed by atoms with Crippen molar-refractivity contribution in [1.29, 1.82) is 0 Å². The number of rotatable bonds is 3. The van der Waals surface area contributed by atoms with Crippen molar-refractivity contribution in [2.75, 3.05) is 0 Å². The molecule has 4 heteroatoms. The molecule has 16 heavy (non-hydrogen) atoms. The molecule has 0 atom stereocenters. The minimum absolute atomic E-state index is 0. The first-order valence-corrected chi connectivity index (χ1v) is 3.86. The Morgan fingerprint density at radius 1 is 0.812 bits per heavy atom. The second-order valence-corrected chi connectivity index (χ2v) is 1.54. The normalized spacial score (nSPS) is 4.88. The Bertz CT molecular complexity index is 119. The van der Waals surface area contributed by atoms with Gasteiger partial charge in [0.1, 0.15) is 0 Å². The van der Waals surface area contributed by atoms with E-state index in [1.165, 1.54) is 18.9 Å². The molecule has 0 aromatic rings. The molecule has 0 bridgehead atoms. The second kappa shape index (κ2) is 66.1. The summed E-state index contributed by atoms with van der Waals surface area (Å²) < 4.78 is 0. The molecular formula is C12H16O3Ti. The van der Waals surface area contributed by atoms with Crippen LogP contribution in [0.1, 0.15) is 13.8 Å². The maximum atomic E-state index is 8.93. The maximum Gasteiger partial charge on any atom is 4.00 e. The standard InChI is InChI=1S/3C3H3O.C3H7.Ti/c3*1-2-3-4;1-3-2;/h3*2H,1H2;3H,1-2H3;/q4*-1;+4. The van der Waals surface area contributed by atoms with Crippen LogP contribution < -0.4 is 0 Å². The van der Waals surface area contributed by atoms with Crippen LogP contribution in [0.4, 0.5) is 0 Å². The minimum atomic E-state index is 0. The quantitative estimate of drug-likeness (QED) is 0.441. The maximum absolute atomic E-state index is 8.93. The Morgan fingerprint density at radius 2 is 0.875 bits per heavy atom. The van der Waals surface area contributed by atoms with Crippen LogP contribution in [0, 0.1) is 6.42 Å². The Balaban J connectivity index is -0.0000000331. The zero-order chi connectivity index (χ0) is 12.9. The van der Waals surface area contributed by atoms with Crippen molar-refractivity contribution in [3.63, 3.8) is 0 Å². The van der Waals surface area contributed by atoms with Crippen LogP contribution in [0.15, 0.2) is 38.0 Å². The van der Waals surface area contributed by atoms with Gasteiger partial charge in [-0.3, -0.25) is 0 Å². The van der Waals surface area contributed by atoms with Crippen LogP contribution in [0.5, 0.6) is 0 Å². The van der Waals surface area contributed by atoms with Crippen molar-refractivity contribution in [3.05, 3.63) is 44.4 Å². The third-order valence-corrected chi connectivity index (χ3v) is 0.250. The molecule has 86 valence electrons. The fraction of sp³-hybridized carbons (Fsp3) is 0.167. The molecule has 0 aliphatic heterocycles.